The van der Waals surface area contributed by atoms with E-state index < -0.39 is 6.10 Å². The van der Waals surface area contributed by atoms with Crippen molar-refractivity contribution in [2.45, 2.75) is 40.0 Å². The molecule has 154 valence electrons. The molecule has 0 spiro atoms. The molecular formula is C22H29N5O2. The van der Waals surface area contributed by atoms with E-state index in [9.17, 15) is 4.79 Å². The summed E-state index contributed by atoms with van der Waals surface area (Å²) in [5.41, 5.74) is 5.77. The van der Waals surface area contributed by atoms with E-state index in [1.54, 1.807) is 7.11 Å². The standard InChI is InChI=1S/C22H29N5O2/c1-15-12-19(26(5)23-15)13-27(14-20-16(2)24-25(4)17(20)3)22(28)21(29-6)18-10-8-7-9-11-18/h7-12,21H,13-14H2,1-6H3/t21-/m0/s1. The molecule has 0 aliphatic carbocycles. The summed E-state index contributed by atoms with van der Waals surface area (Å²) in [6.45, 7) is 6.85. The fourth-order valence-corrected chi connectivity index (χ4v) is 3.63. The van der Waals surface area contributed by atoms with Crippen LogP contribution in [0.2, 0.25) is 0 Å². The topological polar surface area (TPSA) is 65.2 Å². The Morgan fingerprint density at radius 3 is 2.28 bits per heavy atom. The summed E-state index contributed by atoms with van der Waals surface area (Å²) in [5, 5.41) is 8.93. The molecule has 1 amide bonds. The molecule has 1 atom stereocenters. The van der Waals surface area contributed by atoms with E-state index in [-0.39, 0.29) is 5.91 Å². The van der Waals surface area contributed by atoms with Crippen LogP contribution in [0.1, 0.15) is 40.0 Å². The Kier molecular flexibility index (Phi) is 6.17. The number of aromatic nitrogens is 4. The molecule has 0 saturated heterocycles. The lowest BCUT2D eigenvalue weighted by atomic mass is 10.1. The molecule has 0 bridgehead atoms. The van der Waals surface area contributed by atoms with E-state index in [1.807, 2.05) is 85.5 Å². The van der Waals surface area contributed by atoms with Crippen LogP contribution in [0, 0.1) is 20.8 Å². The molecule has 0 N–H and O–H groups in total. The largest absolute Gasteiger partial charge is 0.367 e. The highest BCUT2D eigenvalue weighted by atomic mass is 16.5. The van der Waals surface area contributed by atoms with Crippen LogP contribution in [0.25, 0.3) is 0 Å². The van der Waals surface area contributed by atoms with Crippen molar-refractivity contribution < 1.29 is 9.53 Å². The quantitative estimate of drug-likeness (QED) is 0.617. The molecular weight excluding hydrogens is 366 g/mol. The van der Waals surface area contributed by atoms with Gasteiger partial charge in [0.15, 0.2) is 6.10 Å². The molecule has 0 unspecified atom stereocenters. The fourth-order valence-electron chi connectivity index (χ4n) is 3.63. The summed E-state index contributed by atoms with van der Waals surface area (Å²) in [4.78, 5) is 15.4. The summed E-state index contributed by atoms with van der Waals surface area (Å²) in [5.74, 6) is -0.0831. The maximum absolute atomic E-state index is 13.6. The van der Waals surface area contributed by atoms with Gasteiger partial charge in [-0.3, -0.25) is 14.2 Å². The Labute approximate surface area is 171 Å². The second-order valence-corrected chi connectivity index (χ2v) is 7.39. The highest BCUT2D eigenvalue weighted by molar-refractivity contribution is 5.82. The molecule has 29 heavy (non-hydrogen) atoms. The van der Waals surface area contributed by atoms with E-state index in [1.165, 1.54) is 0 Å². The summed E-state index contributed by atoms with van der Waals surface area (Å²) < 4.78 is 9.30. The SMILES string of the molecule is CO[C@H](C(=O)N(Cc1c(C)nn(C)c1C)Cc1cc(C)nn1C)c1ccccc1. The zero-order valence-electron chi connectivity index (χ0n) is 18.0. The molecule has 7 heteroatoms. The summed E-state index contributed by atoms with van der Waals surface area (Å²) in [6.07, 6.45) is -0.664. The first-order valence-corrected chi connectivity index (χ1v) is 9.67. The molecule has 7 nitrogen and oxygen atoms in total. The maximum Gasteiger partial charge on any atom is 0.256 e. The number of ether oxygens (including phenoxy) is 1. The van der Waals surface area contributed by atoms with Gasteiger partial charge in [0.2, 0.25) is 0 Å². The van der Waals surface area contributed by atoms with Gasteiger partial charge in [-0.25, -0.2) is 0 Å². The molecule has 0 fully saturated rings. The monoisotopic (exact) mass is 395 g/mol. The van der Waals surface area contributed by atoms with Crippen LogP contribution in [-0.2, 0) is 36.7 Å². The van der Waals surface area contributed by atoms with Crippen LogP contribution in [0.3, 0.4) is 0 Å². The van der Waals surface area contributed by atoms with E-state index >= 15 is 0 Å². The highest BCUT2D eigenvalue weighted by Crippen LogP contribution is 2.24. The number of hydrogen-bond acceptors (Lipinski definition) is 4. The molecule has 0 aliphatic rings. The first-order chi connectivity index (χ1) is 13.8. The number of methoxy groups -OCH3 is 1. The van der Waals surface area contributed by atoms with Crippen molar-refractivity contribution in [2.75, 3.05) is 7.11 Å². The molecule has 3 rings (SSSR count). The summed E-state index contributed by atoms with van der Waals surface area (Å²) in [7, 11) is 5.39. The smallest absolute Gasteiger partial charge is 0.256 e. The van der Waals surface area contributed by atoms with E-state index in [0.717, 1.165) is 33.9 Å². The fraction of sp³-hybridized carbons (Fsp3) is 0.409. The third kappa shape index (κ3) is 4.40. The first kappa shape index (κ1) is 20.8. The van der Waals surface area contributed by atoms with E-state index in [4.69, 9.17) is 4.74 Å². The van der Waals surface area contributed by atoms with Crippen LogP contribution in [-0.4, -0.2) is 37.5 Å². The van der Waals surface area contributed by atoms with Gasteiger partial charge >= 0.3 is 0 Å². The zero-order chi connectivity index (χ0) is 21.1. The van der Waals surface area contributed by atoms with Crippen molar-refractivity contribution in [2.24, 2.45) is 14.1 Å². The normalized spacial score (nSPS) is 12.2. The van der Waals surface area contributed by atoms with Crippen molar-refractivity contribution in [3.05, 3.63) is 70.3 Å². The predicted molar refractivity (Wildman–Crippen MR) is 111 cm³/mol. The molecule has 0 saturated carbocycles. The van der Waals surface area contributed by atoms with Crippen LogP contribution in [0.5, 0.6) is 0 Å². The number of aryl methyl sites for hydroxylation is 4. The molecule has 2 heterocycles. The van der Waals surface area contributed by atoms with Gasteiger partial charge < -0.3 is 9.64 Å². The van der Waals surface area contributed by atoms with Gasteiger partial charge in [-0.15, -0.1) is 0 Å². The van der Waals surface area contributed by atoms with Gasteiger partial charge in [0, 0.05) is 39.0 Å². The number of hydrogen-bond donors (Lipinski definition) is 0. The lowest BCUT2D eigenvalue weighted by molar-refractivity contribution is -0.143. The maximum atomic E-state index is 13.6. The molecule has 0 aliphatic heterocycles. The van der Waals surface area contributed by atoms with Gasteiger partial charge in [-0.05, 0) is 32.4 Å². The minimum atomic E-state index is -0.664. The third-order valence-corrected chi connectivity index (χ3v) is 5.33. The van der Waals surface area contributed by atoms with Crippen molar-refractivity contribution in [3.8, 4) is 0 Å². The van der Waals surface area contributed by atoms with Gasteiger partial charge in [0.25, 0.3) is 5.91 Å². The second-order valence-electron chi connectivity index (χ2n) is 7.39. The van der Waals surface area contributed by atoms with Crippen LogP contribution in [0.4, 0.5) is 0 Å². The first-order valence-electron chi connectivity index (χ1n) is 9.67. The Morgan fingerprint density at radius 1 is 1.07 bits per heavy atom. The number of rotatable bonds is 7. The Bertz CT molecular complexity index is 990. The Hall–Kier alpha value is -2.93. The molecule has 2 aromatic heterocycles. The minimum absolute atomic E-state index is 0.0831. The molecule has 3 aromatic rings. The van der Waals surface area contributed by atoms with Crippen LogP contribution < -0.4 is 0 Å². The number of nitrogens with zero attached hydrogens (tertiary/aromatic N) is 5. The van der Waals surface area contributed by atoms with E-state index in [2.05, 4.69) is 10.2 Å². The second kappa shape index (κ2) is 8.61. The van der Waals surface area contributed by atoms with Crippen molar-refractivity contribution >= 4 is 5.91 Å². The number of benzene rings is 1. The zero-order valence-corrected chi connectivity index (χ0v) is 18.0. The summed E-state index contributed by atoms with van der Waals surface area (Å²) in [6, 6.07) is 11.6. The average molecular weight is 396 g/mol. The molecule has 0 radical (unpaired) electrons. The number of carbonyl (C=O) groups is 1. The predicted octanol–water partition coefficient (Wildman–Crippen LogP) is 3.00. The third-order valence-electron chi connectivity index (χ3n) is 5.33. The van der Waals surface area contributed by atoms with Crippen molar-refractivity contribution in [1.29, 1.82) is 0 Å². The number of amides is 1. The molecule has 1 aromatic carbocycles. The average Bonchev–Trinajstić information content (AvgIpc) is 3.13. The van der Waals surface area contributed by atoms with Gasteiger partial charge in [-0.1, -0.05) is 30.3 Å². The van der Waals surface area contributed by atoms with Gasteiger partial charge in [-0.2, -0.15) is 10.2 Å². The van der Waals surface area contributed by atoms with Crippen molar-refractivity contribution in [3.63, 3.8) is 0 Å². The Balaban J connectivity index is 1.97. The van der Waals surface area contributed by atoms with Crippen LogP contribution in [0.15, 0.2) is 36.4 Å². The lowest BCUT2D eigenvalue weighted by Gasteiger charge is -2.27. The number of carbonyl (C=O) groups excluding carboxylic acids is 1. The Morgan fingerprint density at radius 2 is 1.76 bits per heavy atom. The van der Waals surface area contributed by atoms with E-state index in [0.29, 0.717) is 13.1 Å². The summed E-state index contributed by atoms with van der Waals surface area (Å²) >= 11 is 0. The van der Waals surface area contributed by atoms with Crippen molar-refractivity contribution in [1.82, 2.24) is 24.5 Å². The van der Waals surface area contributed by atoms with Gasteiger partial charge in [0.05, 0.1) is 23.6 Å². The minimum Gasteiger partial charge on any atom is -0.367 e. The highest BCUT2D eigenvalue weighted by Gasteiger charge is 2.28. The lowest BCUT2D eigenvalue weighted by Crippen LogP contribution is -2.36. The van der Waals surface area contributed by atoms with Crippen LogP contribution >= 0.6 is 0 Å². The van der Waals surface area contributed by atoms with Gasteiger partial charge in [0.1, 0.15) is 0 Å².